The molecule has 0 saturated carbocycles. The lowest BCUT2D eigenvalue weighted by Crippen LogP contribution is -2.53. The van der Waals surface area contributed by atoms with Gasteiger partial charge in [-0.2, -0.15) is 0 Å². The summed E-state index contributed by atoms with van der Waals surface area (Å²) < 4.78 is 21.2. The summed E-state index contributed by atoms with van der Waals surface area (Å²) in [5.74, 6) is -1.23. The number of urea groups is 1. The summed E-state index contributed by atoms with van der Waals surface area (Å²) >= 11 is 3.36. The number of barbiturate groups is 1. The number of amides is 4. The van der Waals surface area contributed by atoms with Crippen LogP contribution in [-0.4, -0.2) is 49.0 Å². The van der Waals surface area contributed by atoms with E-state index < -0.39 is 23.8 Å². The van der Waals surface area contributed by atoms with E-state index in [2.05, 4.69) is 26.0 Å². The number of rotatable bonds is 8. The highest BCUT2D eigenvalue weighted by molar-refractivity contribution is 9.10. The summed E-state index contributed by atoms with van der Waals surface area (Å²) in [4.78, 5) is 49.7. The molecule has 2 heterocycles. The molecule has 3 rings (SSSR count). The maximum Gasteiger partial charge on any atom is 0.343 e. The third-order valence-corrected chi connectivity index (χ3v) is 5.00. The van der Waals surface area contributed by atoms with Gasteiger partial charge in [-0.3, -0.25) is 19.8 Å². The maximum atomic E-state index is 12.9. The number of hydrogen-bond acceptors (Lipinski definition) is 8. The Balaban J connectivity index is 1.93. The van der Waals surface area contributed by atoms with Crippen molar-refractivity contribution in [2.45, 2.75) is 13.5 Å². The number of methoxy groups -OCH3 is 1. The SMILES string of the molecule is CCOc1cc(/C=C2\C(=O)NC(=O)N(Cc3ccco3)C2=O)c(Br)cc1OCC(=O)OC. The molecule has 1 N–H and O–H groups in total. The number of esters is 1. The van der Waals surface area contributed by atoms with E-state index in [1.54, 1.807) is 25.1 Å². The lowest BCUT2D eigenvalue weighted by atomic mass is 10.1. The summed E-state index contributed by atoms with van der Waals surface area (Å²) in [5, 5.41) is 2.15. The molecule has 1 aromatic carbocycles. The smallest absolute Gasteiger partial charge is 0.343 e. The Morgan fingerprint density at radius 2 is 1.97 bits per heavy atom. The van der Waals surface area contributed by atoms with E-state index in [4.69, 9.17) is 13.9 Å². The molecule has 1 saturated heterocycles. The quantitative estimate of drug-likeness (QED) is 0.329. The molecule has 1 fully saturated rings. The van der Waals surface area contributed by atoms with Crippen molar-refractivity contribution in [3.63, 3.8) is 0 Å². The van der Waals surface area contributed by atoms with Crippen molar-refractivity contribution < 1.29 is 37.8 Å². The van der Waals surface area contributed by atoms with Gasteiger partial charge in [-0.25, -0.2) is 9.59 Å². The minimum Gasteiger partial charge on any atom is -0.490 e. The van der Waals surface area contributed by atoms with Crippen molar-refractivity contribution in [3.8, 4) is 11.5 Å². The van der Waals surface area contributed by atoms with E-state index >= 15 is 0 Å². The Morgan fingerprint density at radius 1 is 1.22 bits per heavy atom. The fourth-order valence-electron chi connectivity index (χ4n) is 2.79. The number of ether oxygens (including phenoxy) is 3. The van der Waals surface area contributed by atoms with E-state index in [1.807, 2.05) is 0 Å². The van der Waals surface area contributed by atoms with Gasteiger partial charge in [0.2, 0.25) is 0 Å². The van der Waals surface area contributed by atoms with Crippen molar-refractivity contribution in [2.24, 2.45) is 0 Å². The Kier molecular flexibility index (Phi) is 7.31. The predicted octanol–water partition coefficient (Wildman–Crippen LogP) is 2.65. The van der Waals surface area contributed by atoms with E-state index in [1.165, 1.54) is 25.5 Å². The molecule has 0 unspecified atom stereocenters. The largest absolute Gasteiger partial charge is 0.490 e. The molecule has 32 heavy (non-hydrogen) atoms. The van der Waals surface area contributed by atoms with Crippen LogP contribution in [-0.2, 0) is 25.7 Å². The third kappa shape index (κ3) is 5.17. The Labute approximate surface area is 191 Å². The van der Waals surface area contributed by atoms with Crippen molar-refractivity contribution in [1.29, 1.82) is 0 Å². The molecule has 1 aromatic heterocycles. The van der Waals surface area contributed by atoms with Crippen LogP contribution in [0.3, 0.4) is 0 Å². The van der Waals surface area contributed by atoms with Crippen LogP contribution in [0.25, 0.3) is 6.08 Å². The fourth-order valence-corrected chi connectivity index (χ4v) is 3.23. The highest BCUT2D eigenvalue weighted by Gasteiger charge is 2.36. The average molecular weight is 507 g/mol. The number of carbonyl (C=O) groups is 4. The van der Waals surface area contributed by atoms with Crippen molar-refractivity contribution in [3.05, 3.63) is 51.9 Å². The number of furan rings is 1. The minimum atomic E-state index is -0.839. The van der Waals surface area contributed by atoms with Gasteiger partial charge in [0.15, 0.2) is 18.1 Å². The van der Waals surface area contributed by atoms with Crippen LogP contribution in [0.4, 0.5) is 4.79 Å². The number of halogens is 1. The fraction of sp³-hybridized carbons (Fsp3) is 0.238. The number of nitrogens with zero attached hydrogens (tertiary/aromatic N) is 1. The van der Waals surface area contributed by atoms with E-state index in [0.29, 0.717) is 28.2 Å². The van der Waals surface area contributed by atoms with Gasteiger partial charge in [0.05, 0.1) is 26.5 Å². The Bertz CT molecular complexity index is 1080. The second kappa shape index (κ2) is 10.1. The number of carbonyl (C=O) groups excluding carboxylic acids is 4. The van der Waals surface area contributed by atoms with Gasteiger partial charge in [0.25, 0.3) is 11.8 Å². The summed E-state index contributed by atoms with van der Waals surface area (Å²) in [5.41, 5.74) is 0.173. The Morgan fingerprint density at radius 3 is 2.62 bits per heavy atom. The summed E-state index contributed by atoms with van der Waals surface area (Å²) in [6.45, 7) is 1.61. The van der Waals surface area contributed by atoms with Crippen LogP contribution in [0.2, 0.25) is 0 Å². The van der Waals surface area contributed by atoms with Crippen LogP contribution < -0.4 is 14.8 Å². The zero-order valence-electron chi connectivity index (χ0n) is 17.2. The highest BCUT2D eigenvalue weighted by Crippen LogP contribution is 2.35. The third-order valence-electron chi connectivity index (χ3n) is 4.32. The molecule has 1 aliphatic heterocycles. The van der Waals surface area contributed by atoms with Crippen LogP contribution in [0.15, 0.2) is 45.0 Å². The van der Waals surface area contributed by atoms with Crippen molar-refractivity contribution in [1.82, 2.24) is 10.2 Å². The summed E-state index contributed by atoms with van der Waals surface area (Å²) in [6, 6.07) is 5.48. The predicted molar refractivity (Wildman–Crippen MR) is 114 cm³/mol. The van der Waals surface area contributed by atoms with E-state index in [-0.39, 0.29) is 24.5 Å². The minimum absolute atomic E-state index is 0.131. The maximum absolute atomic E-state index is 12.9. The lowest BCUT2D eigenvalue weighted by Gasteiger charge is -2.25. The van der Waals surface area contributed by atoms with Gasteiger partial charge in [0.1, 0.15) is 11.3 Å². The van der Waals surface area contributed by atoms with Gasteiger partial charge >= 0.3 is 12.0 Å². The van der Waals surface area contributed by atoms with Gasteiger partial charge in [-0.15, -0.1) is 0 Å². The molecule has 2 aromatic rings. The first-order valence-corrected chi connectivity index (χ1v) is 10.2. The first kappa shape index (κ1) is 23.1. The molecule has 10 nitrogen and oxygen atoms in total. The number of hydrogen-bond donors (Lipinski definition) is 1. The number of imide groups is 2. The number of nitrogens with one attached hydrogen (secondary N) is 1. The van der Waals surface area contributed by atoms with E-state index in [9.17, 15) is 19.2 Å². The normalized spacial score (nSPS) is 15.0. The van der Waals surface area contributed by atoms with Crippen LogP contribution >= 0.6 is 15.9 Å². The molecule has 0 atom stereocenters. The average Bonchev–Trinajstić information content (AvgIpc) is 3.28. The lowest BCUT2D eigenvalue weighted by molar-refractivity contribution is -0.143. The highest BCUT2D eigenvalue weighted by atomic mass is 79.9. The molecule has 0 bridgehead atoms. The monoisotopic (exact) mass is 506 g/mol. The Hall–Kier alpha value is -3.60. The zero-order chi connectivity index (χ0) is 23.3. The van der Waals surface area contributed by atoms with Crippen molar-refractivity contribution >= 4 is 45.8 Å². The van der Waals surface area contributed by atoms with Gasteiger partial charge in [-0.05, 0) is 42.8 Å². The first-order chi connectivity index (χ1) is 15.3. The molecule has 0 aliphatic carbocycles. The molecule has 0 spiro atoms. The molecule has 0 radical (unpaired) electrons. The number of benzene rings is 1. The molecule has 1 aliphatic rings. The molecule has 4 amide bonds. The summed E-state index contributed by atoms with van der Waals surface area (Å²) in [7, 11) is 1.24. The van der Waals surface area contributed by atoms with Gasteiger partial charge < -0.3 is 18.6 Å². The zero-order valence-corrected chi connectivity index (χ0v) is 18.8. The molecule has 11 heteroatoms. The first-order valence-electron chi connectivity index (χ1n) is 9.41. The molecular formula is C21H19BrN2O8. The van der Waals surface area contributed by atoms with Crippen LogP contribution in [0, 0.1) is 0 Å². The second-order valence-corrected chi connectivity index (χ2v) is 7.26. The topological polar surface area (TPSA) is 124 Å². The van der Waals surface area contributed by atoms with Gasteiger partial charge in [0, 0.05) is 4.47 Å². The van der Waals surface area contributed by atoms with Gasteiger partial charge in [-0.1, -0.05) is 15.9 Å². The summed E-state index contributed by atoms with van der Waals surface area (Å²) in [6.07, 6.45) is 2.75. The standard InChI is InChI=1S/C21H19BrN2O8/c1-3-30-16-8-12(15(22)9-17(16)32-11-18(25)29-2)7-14-19(26)23-21(28)24(20(14)27)10-13-5-4-6-31-13/h4-9H,3,10-11H2,1-2H3,(H,23,26,28)/b14-7+. The van der Waals surface area contributed by atoms with Crippen molar-refractivity contribution in [2.75, 3.05) is 20.3 Å². The molecule has 168 valence electrons. The van der Waals surface area contributed by atoms with Crippen LogP contribution in [0.1, 0.15) is 18.2 Å². The van der Waals surface area contributed by atoms with E-state index in [0.717, 1.165) is 4.90 Å². The second-order valence-electron chi connectivity index (χ2n) is 6.41. The molecular weight excluding hydrogens is 488 g/mol. The van der Waals surface area contributed by atoms with Crippen LogP contribution in [0.5, 0.6) is 11.5 Å².